The molecule has 1 heteroatoms. The third-order valence-corrected chi connectivity index (χ3v) is 2.46. The third-order valence-electron chi connectivity index (χ3n) is 2.46. The van der Waals surface area contributed by atoms with Crippen molar-refractivity contribution in [3.05, 3.63) is 60.3 Å². The molecule has 0 aliphatic carbocycles. The van der Waals surface area contributed by atoms with Gasteiger partial charge in [-0.1, -0.05) is 62.9 Å². The van der Waals surface area contributed by atoms with Crippen LogP contribution in [0.4, 0.5) is 0 Å². The van der Waals surface area contributed by atoms with E-state index in [4.69, 9.17) is 0 Å². The predicted molar refractivity (Wildman–Crippen MR) is 76.9 cm³/mol. The van der Waals surface area contributed by atoms with Gasteiger partial charge in [-0.2, -0.15) is 0 Å². The first kappa shape index (κ1) is 13.3. The molecule has 1 nitrogen and oxygen atoms in total. The Labute approximate surface area is 104 Å². The maximum Gasteiger partial charge on any atom is 0.0403 e. The predicted octanol–water partition coefficient (Wildman–Crippen LogP) is 4.49. The Bertz CT molecular complexity index is 480. The molecule has 2 aromatic rings. The van der Waals surface area contributed by atoms with Crippen LogP contribution >= 0.6 is 0 Å². The molecule has 0 unspecified atom stereocenters. The zero-order valence-electron chi connectivity index (χ0n) is 11.0. The van der Waals surface area contributed by atoms with E-state index in [1.807, 2.05) is 20.8 Å². The van der Waals surface area contributed by atoms with Crippen LogP contribution in [0.3, 0.4) is 0 Å². The molecule has 0 aliphatic rings. The van der Waals surface area contributed by atoms with Gasteiger partial charge in [-0.05, 0) is 23.3 Å². The Morgan fingerprint density at radius 2 is 1.71 bits per heavy atom. The van der Waals surface area contributed by atoms with Crippen LogP contribution < -0.4 is 5.32 Å². The van der Waals surface area contributed by atoms with Crippen LogP contribution in [0.15, 0.2) is 54.7 Å². The summed E-state index contributed by atoms with van der Waals surface area (Å²) in [5.74, 6) is 0. The van der Waals surface area contributed by atoms with E-state index < -0.39 is 0 Å². The number of allylic oxidation sites excluding steroid dienone is 1. The molecule has 17 heavy (non-hydrogen) atoms. The molecular formula is C16H21N. The molecule has 0 fully saturated rings. The van der Waals surface area contributed by atoms with E-state index in [0.717, 1.165) is 12.2 Å². The lowest BCUT2D eigenvalue weighted by molar-refractivity contribution is 0.821. The number of benzene rings is 2. The molecule has 2 aromatic carbocycles. The molecule has 1 N–H and O–H groups in total. The van der Waals surface area contributed by atoms with Gasteiger partial charge in [0.2, 0.25) is 0 Å². The van der Waals surface area contributed by atoms with E-state index in [2.05, 4.69) is 54.4 Å². The minimum atomic E-state index is 0.844. The first-order valence-electron chi connectivity index (χ1n) is 6.13. The van der Waals surface area contributed by atoms with E-state index in [9.17, 15) is 0 Å². The Morgan fingerprint density at radius 3 is 2.41 bits per heavy atom. The van der Waals surface area contributed by atoms with Gasteiger partial charge in [-0.25, -0.2) is 0 Å². The molecule has 0 bridgehead atoms. The Balaban J connectivity index is 0.000000686. The third kappa shape index (κ3) is 3.63. The van der Waals surface area contributed by atoms with Gasteiger partial charge >= 0.3 is 0 Å². The fourth-order valence-electron chi connectivity index (χ4n) is 1.69. The highest BCUT2D eigenvalue weighted by Crippen LogP contribution is 2.18. The minimum absolute atomic E-state index is 0.844. The van der Waals surface area contributed by atoms with Crippen LogP contribution in [0.2, 0.25) is 0 Å². The Morgan fingerprint density at radius 1 is 1.06 bits per heavy atom. The standard InChI is InChI=1S/C14H15N.C2H6/c1-11(2)15-10-13-8-5-7-12-6-3-4-9-14(12)13;1-2/h3-9,15H,1,10H2,2H3;1-2H3. The van der Waals surface area contributed by atoms with Gasteiger partial charge in [-0.15, -0.1) is 0 Å². The molecule has 0 atom stereocenters. The molecule has 90 valence electrons. The number of fused-ring (bicyclic) bond motifs is 1. The average Bonchev–Trinajstić information content (AvgIpc) is 2.38. The molecule has 0 heterocycles. The smallest absolute Gasteiger partial charge is 0.0403 e. The summed E-state index contributed by atoms with van der Waals surface area (Å²) in [6.45, 7) is 10.7. The number of hydrogen-bond donors (Lipinski definition) is 1. The molecule has 0 aliphatic heterocycles. The summed E-state index contributed by atoms with van der Waals surface area (Å²) < 4.78 is 0. The van der Waals surface area contributed by atoms with Gasteiger partial charge in [-0.3, -0.25) is 0 Å². The normalized spacial score (nSPS) is 9.35. The van der Waals surface area contributed by atoms with Gasteiger partial charge in [0.1, 0.15) is 0 Å². The summed E-state index contributed by atoms with van der Waals surface area (Å²) in [6, 6.07) is 14.8. The number of hydrogen-bond acceptors (Lipinski definition) is 1. The molecule has 0 saturated heterocycles. The first-order valence-corrected chi connectivity index (χ1v) is 6.13. The molecule has 0 spiro atoms. The monoisotopic (exact) mass is 227 g/mol. The van der Waals surface area contributed by atoms with Crippen molar-refractivity contribution in [3.63, 3.8) is 0 Å². The van der Waals surface area contributed by atoms with Crippen molar-refractivity contribution >= 4 is 10.8 Å². The maximum atomic E-state index is 3.84. The summed E-state index contributed by atoms with van der Waals surface area (Å²) in [5.41, 5.74) is 2.32. The van der Waals surface area contributed by atoms with E-state index >= 15 is 0 Å². The number of nitrogens with one attached hydrogen (secondary N) is 1. The SMILES string of the molecule is C=C(C)NCc1cccc2ccccc12.CC. The first-order chi connectivity index (χ1) is 8.27. The second kappa shape index (κ2) is 6.74. The molecular weight excluding hydrogens is 206 g/mol. The second-order valence-corrected chi connectivity index (χ2v) is 3.77. The summed E-state index contributed by atoms with van der Waals surface area (Å²) in [4.78, 5) is 0. The highest BCUT2D eigenvalue weighted by atomic mass is 14.9. The van der Waals surface area contributed by atoms with Crippen molar-refractivity contribution in [2.45, 2.75) is 27.3 Å². The lowest BCUT2D eigenvalue weighted by Crippen LogP contribution is -2.09. The summed E-state index contributed by atoms with van der Waals surface area (Å²) in [5, 5.41) is 5.86. The minimum Gasteiger partial charge on any atom is -0.385 e. The topological polar surface area (TPSA) is 12.0 Å². The van der Waals surface area contributed by atoms with Gasteiger partial charge in [0.15, 0.2) is 0 Å². The van der Waals surface area contributed by atoms with E-state index in [0.29, 0.717) is 0 Å². The van der Waals surface area contributed by atoms with Crippen molar-refractivity contribution < 1.29 is 0 Å². The average molecular weight is 227 g/mol. The van der Waals surface area contributed by atoms with Crippen LogP contribution in [0.5, 0.6) is 0 Å². The van der Waals surface area contributed by atoms with Gasteiger partial charge in [0.05, 0.1) is 0 Å². The quantitative estimate of drug-likeness (QED) is 0.814. The second-order valence-electron chi connectivity index (χ2n) is 3.77. The van der Waals surface area contributed by atoms with Crippen LogP contribution in [0.1, 0.15) is 26.3 Å². The summed E-state index contributed by atoms with van der Waals surface area (Å²) in [6.07, 6.45) is 0. The molecule has 0 amide bonds. The molecule has 0 saturated carbocycles. The summed E-state index contributed by atoms with van der Waals surface area (Å²) in [7, 11) is 0. The van der Waals surface area contributed by atoms with Crippen LogP contribution in [-0.2, 0) is 6.54 Å². The molecule has 2 rings (SSSR count). The van der Waals surface area contributed by atoms with Gasteiger partial charge in [0.25, 0.3) is 0 Å². The Hall–Kier alpha value is -1.76. The van der Waals surface area contributed by atoms with Crippen molar-refractivity contribution in [1.82, 2.24) is 5.32 Å². The largest absolute Gasteiger partial charge is 0.385 e. The fourth-order valence-corrected chi connectivity index (χ4v) is 1.69. The fraction of sp³-hybridized carbons (Fsp3) is 0.250. The molecule has 0 radical (unpaired) electrons. The van der Waals surface area contributed by atoms with Crippen LogP contribution in [-0.4, -0.2) is 0 Å². The van der Waals surface area contributed by atoms with E-state index in [1.54, 1.807) is 0 Å². The van der Waals surface area contributed by atoms with Gasteiger partial charge in [0, 0.05) is 12.2 Å². The van der Waals surface area contributed by atoms with Crippen molar-refractivity contribution in [2.24, 2.45) is 0 Å². The highest BCUT2D eigenvalue weighted by Gasteiger charge is 1.98. The van der Waals surface area contributed by atoms with Crippen molar-refractivity contribution in [2.75, 3.05) is 0 Å². The van der Waals surface area contributed by atoms with Crippen molar-refractivity contribution in [3.8, 4) is 0 Å². The zero-order valence-corrected chi connectivity index (χ0v) is 11.0. The van der Waals surface area contributed by atoms with Crippen molar-refractivity contribution in [1.29, 1.82) is 0 Å². The maximum absolute atomic E-state index is 3.84. The Kier molecular flexibility index (Phi) is 5.28. The van der Waals surface area contributed by atoms with E-state index in [-0.39, 0.29) is 0 Å². The number of rotatable bonds is 3. The van der Waals surface area contributed by atoms with Gasteiger partial charge < -0.3 is 5.32 Å². The zero-order chi connectivity index (χ0) is 12.7. The van der Waals surface area contributed by atoms with Crippen LogP contribution in [0.25, 0.3) is 10.8 Å². The van der Waals surface area contributed by atoms with E-state index in [1.165, 1.54) is 16.3 Å². The lowest BCUT2D eigenvalue weighted by atomic mass is 10.0. The lowest BCUT2D eigenvalue weighted by Gasteiger charge is -2.08. The highest BCUT2D eigenvalue weighted by molar-refractivity contribution is 5.85. The summed E-state index contributed by atoms with van der Waals surface area (Å²) >= 11 is 0. The molecule has 0 aromatic heterocycles. The van der Waals surface area contributed by atoms with Crippen LogP contribution in [0, 0.1) is 0 Å².